The van der Waals surface area contributed by atoms with Gasteiger partial charge in [-0.3, -0.25) is 0 Å². The minimum atomic E-state index is -0.369. The topological polar surface area (TPSA) is 12.0 Å². The molecule has 0 bridgehead atoms. The van der Waals surface area contributed by atoms with Crippen LogP contribution < -0.4 is 5.32 Å². The third-order valence-corrected chi connectivity index (χ3v) is 4.13. The van der Waals surface area contributed by atoms with Crippen molar-refractivity contribution in [1.82, 2.24) is 5.32 Å². The van der Waals surface area contributed by atoms with Crippen LogP contribution in [0.2, 0.25) is 0 Å². The van der Waals surface area contributed by atoms with Gasteiger partial charge in [-0.25, -0.2) is 8.78 Å². The summed E-state index contributed by atoms with van der Waals surface area (Å²) in [6.45, 7) is 1.57. The Morgan fingerprint density at radius 1 is 1.10 bits per heavy atom. The number of hydrogen-bond donors (Lipinski definition) is 1. The number of halogens is 2. The van der Waals surface area contributed by atoms with Crippen molar-refractivity contribution in [2.75, 3.05) is 7.05 Å². The lowest BCUT2D eigenvalue weighted by Crippen LogP contribution is -2.12. The zero-order valence-corrected chi connectivity index (χ0v) is 11.6. The van der Waals surface area contributed by atoms with Crippen LogP contribution in [-0.4, -0.2) is 7.05 Å². The molecule has 1 aliphatic rings. The van der Waals surface area contributed by atoms with Crippen LogP contribution in [0.1, 0.15) is 29.2 Å². The van der Waals surface area contributed by atoms with E-state index in [1.807, 2.05) is 25.2 Å². The molecule has 3 rings (SSSR count). The molecule has 104 valence electrons. The van der Waals surface area contributed by atoms with Gasteiger partial charge in [0.15, 0.2) is 0 Å². The van der Waals surface area contributed by atoms with Gasteiger partial charge in [0.25, 0.3) is 0 Å². The van der Waals surface area contributed by atoms with E-state index in [4.69, 9.17) is 0 Å². The molecule has 0 aliphatic heterocycles. The van der Waals surface area contributed by atoms with Crippen molar-refractivity contribution < 1.29 is 8.78 Å². The van der Waals surface area contributed by atoms with E-state index in [0.29, 0.717) is 17.2 Å². The monoisotopic (exact) mass is 273 g/mol. The molecule has 2 aromatic rings. The average molecular weight is 273 g/mol. The SMILES string of the molecule is CNC1CCc2cc(-c3cc(F)c(C)cc3F)ccc21. The lowest BCUT2D eigenvalue weighted by atomic mass is 9.98. The molecule has 0 saturated carbocycles. The highest BCUT2D eigenvalue weighted by atomic mass is 19.1. The van der Waals surface area contributed by atoms with Crippen molar-refractivity contribution >= 4 is 0 Å². The van der Waals surface area contributed by atoms with E-state index in [1.165, 1.54) is 23.3 Å². The van der Waals surface area contributed by atoms with Gasteiger partial charge in [0.05, 0.1) is 0 Å². The highest BCUT2D eigenvalue weighted by Gasteiger charge is 2.21. The summed E-state index contributed by atoms with van der Waals surface area (Å²) in [5, 5.41) is 3.27. The van der Waals surface area contributed by atoms with Gasteiger partial charge in [0.2, 0.25) is 0 Å². The Kier molecular flexibility index (Phi) is 3.30. The molecule has 1 unspecified atom stereocenters. The molecule has 2 aromatic carbocycles. The van der Waals surface area contributed by atoms with Crippen molar-refractivity contribution in [3.05, 3.63) is 58.7 Å². The second kappa shape index (κ2) is 4.98. The first-order chi connectivity index (χ1) is 9.60. The molecule has 0 amide bonds. The maximum Gasteiger partial charge on any atom is 0.131 e. The first kappa shape index (κ1) is 13.3. The summed E-state index contributed by atoms with van der Waals surface area (Å²) in [5.41, 5.74) is 3.91. The molecule has 1 atom stereocenters. The summed E-state index contributed by atoms with van der Waals surface area (Å²) < 4.78 is 27.7. The van der Waals surface area contributed by atoms with E-state index in [-0.39, 0.29) is 11.6 Å². The molecule has 20 heavy (non-hydrogen) atoms. The van der Waals surface area contributed by atoms with Crippen LogP contribution in [0.5, 0.6) is 0 Å². The standard InChI is InChI=1S/C17H17F2N/c1-10-7-16(19)14(9-15(10)18)12-3-5-13-11(8-12)4-6-17(13)20-2/h3,5,7-9,17,20H,4,6H2,1-2H3. The lowest BCUT2D eigenvalue weighted by molar-refractivity contribution is 0.590. The van der Waals surface area contributed by atoms with Crippen molar-refractivity contribution in [2.45, 2.75) is 25.8 Å². The van der Waals surface area contributed by atoms with Crippen LogP contribution in [0.25, 0.3) is 11.1 Å². The summed E-state index contributed by atoms with van der Waals surface area (Å²) in [6.07, 6.45) is 2.03. The normalized spacial score (nSPS) is 17.3. The zero-order chi connectivity index (χ0) is 14.3. The average Bonchev–Trinajstić information content (AvgIpc) is 2.85. The fourth-order valence-corrected chi connectivity index (χ4v) is 2.95. The van der Waals surface area contributed by atoms with Crippen molar-refractivity contribution in [3.63, 3.8) is 0 Å². The first-order valence-electron chi connectivity index (χ1n) is 6.86. The summed E-state index contributed by atoms with van der Waals surface area (Å²) in [6, 6.07) is 8.81. The molecule has 1 nitrogen and oxygen atoms in total. The molecule has 0 spiro atoms. The van der Waals surface area contributed by atoms with Crippen molar-refractivity contribution in [1.29, 1.82) is 0 Å². The van der Waals surface area contributed by atoms with Crippen LogP contribution >= 0.6 is 0 Å². The highest BCUT2D eigenvalue weighted by Crippen LogP contribution is 2.35. The summed E-state index contributed by atoms with van der Waals surface area (Å²) in [5.74, 6) is -0.734. The Hall–Kier alpha value is -1.74. The number of fused-ring (bicyclic) bond motifs is 1. The first-order valence-corrected chi connectivity index (χ1v) is 6.86. The molecule has 0 saturated heterocycles. The third-order valence-electron chi connectivity index (χ3n) is 4.13. The van der Waals surface area contributed by atoms with Crippen LogP contribution in [0.15, 0.2) is 30.3 Å². The minimum Gasteiger partial charge on any atom is -0.313 e. The van der Waals surface area contributed by atoms with Gasteiger partial charge in [0, 0.05) is 11.6 Å². The molecule has 1 aliphatic carbocycles. The number of hydrogen-bond acceptors (Lipinski definition) is 1. The van der Waals surface area contributed by atoms with Crippen LogP contribution in [0.4, 0.5) is 8.78 Å². The number of aryl methyl sites for hydroxylation is 2. The molecule has 0 heterocycles. The molecular formula is C17H17F2N. The van der Waals surface area contributed by atoms with Gasteiger partial charge in [0.1, 0.15) is 11.6 Å². The fraction of sp³-hybridized carbons (Fsp3) is 0.294. The van der Waals surface area contributed by atoms with E-state index in [0.717, 1.165) is 18.4 Å². The van der Waals surface area contributed by atoms with E-state index >= 15 is 0 Å². The number of rotatable bonds is 2. The summed E-state index contributed by atoms with van der Waals surface area (Å²) in [4.78, 5) is 0. The lowest BCUT2D eigenvalue weighted by Gasteiger charge is -2.11. The minimum absolute atomic E-state index is 0.336. The van der Waals surface area contributed by atoms with Crippen LogP contribution in [0.3, 0.4) is 0 Å². The van der Waals surface area contributed by atoms with Gasteiger partial charge >= 0.3 is 0 Å². The molecule has 3 heteroatoms. The second-order valence-corrected chi connectivity index (χ2v) is 5.37. The van der Waals surface area contributed by atoms with Crippen LogP contribution in [0, 0.1) is 18.6 Å². The quantitative estimate of drug-likeness (QED) is 0.867. The fourth-order valence-electron chi connectivity index (χ4n) is 2.95. The summed E-state index contributed by atoms with van der Waals surface area (Å²) in [7, 11) is 1.95. The molecule has 0 aromatic heterocycles. The smallest absolute Gasteiger partial charge is 0.131 e. The van der Waals surface area contributed by atoms with Crippen LogP contribution in [-0.2, 0) is 6.42 Å². The van der Waals surface area contributed by atoms with Gasteiger partial charge < -0.3 is 5.32 Å². The molecule has 1 N–H and O–H groups in total. The van der Waals surface area contributed by atoms with Crippen molar-refractivity contribution in [2.24, 2.45) is 0 Å². The molecule has 0 fully saturated rings. The Morgan fingerprint density at radius 2 is 1.90 bits per heavy atom. The van der Waals surface area contributed by atoms with Gasteiger partial charge in [-0.15, -0.1) is 0 Å². The number of nitrogens with one attached hydrogen (secondary N) is 1. The van der Waals surface area contributed by atoms with Gasteiger partial charge in [-0.2, -0.15) is 0 Å². The Labute approximate surface area is 117 Å². The second-order valence-electron chi connectivity index (χ2n) is 5.37. The Morgan fingerprint density at radius 3 is 2.65 bits per heavy atom. The van der Waals surface area contributed by atoms with Crippen molar-refractivity contribution in [3.8, 4) is 11.1 Å². The maximum absolute atomic E-state index is 14.0. The molecule has 0 radical (unpaired) electrons. The van der Waals surface area contributed by atoms with E-state index < -0.39 is 0 Å². The number of benzene rings is 2. The Bertz CT molecular complexity index is 664. The maximum atomic E-state index is 14.0. The molecular weight excluding hydrogens is 256 g/mol. The summed E-state index contributed by atoms with van der Waals surface area (Å²) >= 11 is 0. The van der Waals surface area contributed by atoms with Gasteiger partial charge in [-0.1, -0.05) is 18.2 Å². The van der Waals surface area contributed by atoms with Gasteiger partial charge in [-0.05, 0) is 61.2 Å². The highest BCUT2D eigenvalue weighted by molar-refractivity contribution is 5.66. The predicted molar refractivity (Wildman–Crippen MR) is 76.7 cm³/mol. The van der Waals surface area contributed by atoms with E-state index in [9.17, 15) is 8.78 Å². The zero-order valence-electron chi connectivity index (χ0n) is 11.6. The van der Waals surface area contributed by atoms with E-state index in [1.54, 1.807) is 6.92 Å². The predicted octanol–water partition coefficient (Wildman–Crippen LogP) is 4.15. The van der Waals surface area contributed by atoms with E-state index in [2.05, 4.69) is 5.32 Å². The Balaban J connectivity index is 2.06. The third kappa shape index (κ3) is 2.12. The largest absolute Gasteiger partial charge is 0.313 e.